The van der Waals surface area contributed by atoms with Crippen LogP contribution in [0.15, 0.2) is 0 Å². The van der Waals surface area contributed by atoms with Crippen molar-refractivity contribution in [1.29, 1.82) is 0 Å². The summed E-state index contributed by atoms with van der Waals surface area (Å²) in [6.45, 7) is 2.92. The van der Waals surface area contributed by atoms with E-state index in [9.17, 15) is 10.2 Å². The quantitative estimate of drug-likeness (QED) is 0.664. The molecule has 0 aliphatic heterocycles. The van der Waals surface area contributed by atoms with E-state index in [-0.39, 0.29) is 17.9 Å². The lowest BCUT2D eigenvalue weighted by molar-refractivity contribution is 0.00268. The molecule has 0 aromatic heterocycles. The van der Waals surface area contributed by atoms with Crippen LogP contribution in [0.3, 0.4) is 0 Å². The van der Waals surface area contributed by atoms with Gasteiger partial charge in [0.15, 0.2) is 0 Å². The maximum atomic E-state index is 10.3. The molecule has 0 bridgehead atoms. The molecule has 1 rings (SSSR count). The van der Waals surface area contributed by atoms with Gasteiger partial charge < -0.3 is 15.5 Å². The molecule has 0 aromatic carbocycles. The number of hydrogen-bond donors (Lipinski definition) is 3. The van der Waals surface area contributed by atoms with Crippen molar-refractivity contribution in [2.24, 2.45) is 0 Å². The zero-order chi connectivity index (χ0) is 12.0. The zero-order valence-corrected chi connectivity index (χ0v) is 11.2. The van der Waals surface area contributed by atoms with Gasteiger partial charge in [0.1, 0.15) is 0 Å². The molecule has 2 unspecified atom stereocenters. The smallest absolute Gasteiger partial charge is 0.0771 e. The summed E-state index contributed by atoms with van der Waals surface area (Å²) in [5, 5.41) is 23.1. The van der Waals surface area contributed by atoms with Crippen LogP contribution in [-0.2, 0) is 0 Å². The minimum Gasteiger partial charge on any atom is -0.395 e. The fourth-order valence-corrected chi connectivity index (χ4v) is 2.96. The van der Waals surface area contributed by atoms with Gasteiger partial charge in [0.05, 0.1) is 12.2 Å². The summed E-state index contributed by atoms with van der Waals surface area (Å²) in [5.41, 5.74) is -0.509. The lowest BCUT2D eigenvalue weighted by Crippen LogP contribution is -2.48. The van der Waals surface area contributed by atoms with Crippen molar-refractivity contribution in [2.45, 2.75) is 55.9 Å². The van der Waals surface area contributed by atoms with Gasteiger partial charge in [0, 0.05) is 17.8 Å². The number of hydrogen-bond acceptors (Lipinski definition) is 4. The largest absolute Gasteiger partial charge is 0.395 e. The third-order valence-electron chi connectivity index (χ3n) is 3.58. The Morgan fingerprint density at radius 1 is 1.31 bits per heavy atom. The molecule has 3 N–H and O–H groups in total. The normalized spacial score (nSPS) is 24.0. The SMILES string of the molecule is CSC(CO)C(C)NCC1(O)CCCCC1. The number of aliphatic hydroxyl groups excluding tert-OH is 1. The molecule has 0 radical (unpaired) electrons. The van der Waals surface area contributed by atoms with Crippen LogP contribution in [0.4, 0.5) is 0 Å². The van der Waals surface area contributed by atoms with E-state index in [1.165, 1.54) is 6.42 Å². The van der Waals surface area contributed by atoms with E-state index in [0.717, 1.165) is 25.7 Å². The van der Waals surface area contributed by atoms with Crippen molar-refractivity contribution in [2.75, 3.05) is 19.4 Å². The summed E-state index contributed by atoms with van der Waals surface area (Å²) in [5.74, 6) is 0. The van der Waals surface area contributed by atoms with Crippen molar-refractivity contribution >= 4 is 11.8 Å². The van der Waals surface area contributed by atoms with Crippen molar-refractivity contribution in [3.8, 4) is 0 Å². The van der Waals surface area contributed by atoms with Crippen molar-refractivity contribution in [3.63, 3.8) is 0 Å². The molecule has 0 amide bonds. The van der Waals surface area contributed by atoms with Crippen LogP contribution in [0, 0.1) is 0 Å². The van der Waals surface area contributed by atoms with E-state index in [1.807, 2.05) is 6.26 Å². The minimum absolute atomic E-state index is 0.188. The highest BCUT2D eigenvalue weighted by atomic mass is 32.2. The van der Waals surface area contributed by atoms with Crippen LogP contribution in [0.1, 0.15) is 39.0 Å². The maximum Gasteiger partial charge on any atom is 0.0771 e. The first-order chi connectivity index (χ1) is 7.61. The maximum absolute atomic E-state index is 10.3. The van der Waals surface area contributed by atoms with Gasteiger partial charge in [0.2, 0.25) is 0 Å². The summed E-state index contributed by atoms with van der Waals surface area (Å²) in [6.07, 6.45) is 7.36. The molecule has 96 valence electrons. The summed E-state index contributed by atoms with van der Waals surface area (Å²) in [6, 6.07) is 0.242. The molecule has 16 heavy (non-hydrogen) atoms. The number of aliphatic hydroxyl groups is 2. The highest BCUT2D eigenvalue weighted by molar-refractivity contribution is 7.99. The van der Waals surface area contributed by atoms with E-state index >= 15 is 0 Å². The highest BCUT2D eigenvalue weighted by Gasteiger charge is 2.29. The van der Waals surface area contributed by atoms with Crippen LogP contribution < -0.4 is 5.32 Å². The molecule has 1 saturated carbocycles. The van der Waals surface area contributed by atoms with Gasteiger partial charge in [-0.25, -0.2) is 0 Å². The van der Waals surface area contributed by atoms with E-state index in [1.54, 1.807) is 11.8 Å². The Morgan fingerprint density at radius 3 is 2.44 bits per heavy atom. The van der Waals surface area contributed by atoms with Crippen LogP contribution in [0.25, 0.3) is 0 Å². The first-order valence-corrected chi connectivity index (χ1v) is 7.49. The lowest BCUT2D eigenvalue weighted by Gasteiger charge is -2.34. The van der Waals surface area contributed by atoms with Gasteiger partial charge in [-0.15, -0.1) is 0 Å². The first-order valence-electron chi connectivity index (χ1n) is 6.21. The number of nitrogens with one attached hydrogen (secondary N) is 1. The Morgan fingerprint density at radius 2 is 1.94 bits per heavy atom. The molecule has 0 aromatic rings. The Hall–Kier alpha value is 0.230. The standard InChI is InChI=1S/C12H25NO2S/c1-10(11(8-14)16-2)13-9-12(15)6-4-3-5-7-12/h10-11,13-15H,3-9H2,1-2H3. The molecule has 0 heterocycles. The topological polar surface area (TPSA) is 52.5 Å². The van der Waals surface area contributed by atoms with E-state index < -0.39 is 5.60 Å². The summed E-state index contributed by atoms with van der Waals surface area (Å²) in [4.78, 5) is 0. The van der Waals surface area contributed by atoms with Crippen LogP contribution in [0.5, 0.6) is 0 Å². The molecule has 0 saturated heterocycles. The van der Waals surface area contributed by atoms with Gasteiger partial charge in [-0.3, -0.25) is 0 Å². The van der Waals surface area contributed by atoms with Crippen molar-refractivity contribution < 1.29 is 10.2 Å². The van der Waals surface area contributed by atoms with Gasteiger partial charge in [-0.2, -0.15) is 11.8 Å². The molecule has 1 aliphatic carbocycles. The van der Waals surface area contributed by atoms with Crippen LogP contribution in [0.2, 0.25) is 0 Å². The predicted molar refractivity (Wildman–Crippen MR) is 69.9 cm³/mol. The number of rotatable bonds is 6. The monoisotopic (exact) mass is 247 g/mol. The second-order valence-corrected chi connectivity index (χ2v) is 5.99. The zero-order valence-electron chi connectivity index (χ0n) is 10.4. The third kappa shape index (κ3) is 4.24. The van der Waals surface area contributed by atoms with Gasteiger partial charge in [-0.05, 0) is 26.0 Å². The van der Waals surface area contributed by atoms with Gasteiger partial charge in [0.25, 0.3) is 0 Å². The molecule has 3 nitrogen and oxygen atoms in total. The Balaban J connectivity index is 2.31. The van der Waals surface area contributed by atoms with E-state index in [0.29, 0.717) is 6.54 Å². The summed E-state index contributed by atoms with van der Waals surface area (Å²) in [7, 11) is 0. The van der Waals surface area contributed by atoms with Crippen molar-refractivity contribution in [1.82, 2.24) is 5.32 Å². The second-order valence-electron chi connectivity index (χ2n) is 4.91. The van der Waals surface area contributed by atoms with Gasteiger partial charge in [-0.1, -0.05) is 19.3 Å². The molecule has 2 atom stereocenters. The van der Waals surface area contributed by atoms with E-state index in [2.05, 4.69) is 12.2 Å². The van der Waals surface area contributed by atoms with E-state index in [4.69, 9.17) is 0 Å². The molecule has 1 fully saturated rings. The van der Waals surface area contributed by atoms with Crippen LogP contribution in [-0.4, -0.2) is 46.5 Å². The average Bonchev–Trinajstić information content (AvgIpc) is 2.29. The fraction of sp³-hybridized carbons (Fsp3) is 1.00. The lowest BCUT2D eigenvalue weighted by atomic mass is 9.85. The van der Waals surface area contributed by atoms with Crippen molar-refractivity contribution in [3.05, 3.63) is 0 Å². The summed E-state index contributed by atoms with van der Waals surface area (Å²) >= 11 is 1.67. The third-order valence-corrected chi connectivity index (χ3v) is 4.74. The Kier molecular flexibility index (Phi) is 6.11. The minimum atomic E-state index is -0.509. The second kappa shape index (κ2) is 6.84. The Bertz CT molecular complexity index is 191. The van der Waals surface area contributed by atoms with Gasteiger partial charge >= 0.3 is 0 Å². The average molecular weight is 247 g/mol. The Labute approximate surface area is 103 Å². The molecular weight excluding hydrogens is 222 g/mol. The fourth-order valence-electron chi connectivity index (χ4n) is 2.31. The highest BCUT2D eigenvalue weighted by Crippen LogP contribution is 2.27. The molecule has 0 spiro atoms. The van der Waals surface area contributed by atoms with Crippen LogP contribution >= 0.6 is 11.8 Å². The predicted octanol–water partition coefficient (Wildman–Crippen LogP) is 1.38. The molecular formula is C12H25NO2S. The first kappa shape index (κ1) is 14.3. The summed E-state index contributed by atoms with van der Waals surface area (Å²) < 4.78 is 0. The molecule has 1 aliphatic rings. The number of thioether (sulfide) groups is 1. The molecule has 4 heteroatoms.